The van der Waals surface area contributed by atoms with Crippen LogP contribution in [0, 0.1) is 0 Å². The van der Waals surface area contributed by atoms with Crippen molar-refractivity contribution in [1.29, 1.82) is 0 Å². The molecule has 0 amide bonds. The molecule has 0 fully saturated rings. The quantitative estimate of drug-likeness (QED) is 0.557. The third kappa shape index (κ3) is 4.58. The molecule has 2 N–H and O–H groups in total. The van der Waals surface area contributed by atoms with Crippen LogP contribution in [0.2, 0.25) is 5.02 Å². The summed E-state index contributed by atoms with van der Waals surface area (Å²) < 4.78 is 60.4. The highest BCUT2D eigenvalue weighted by atomic mass is 35.5. The van der Waals surface area contributed by atoms with Crippen molar-refractivity contribution in [3.05, 3.63) is 65.0 Å². The van der Waals surface area contributed by atoms with E-state index in [4.69, 9.17) is 16.3 Å². The molecule has 2 aromatic carbocycles. The summed E-state index contributed by atoms with van der Waals surface area (Å²) in [5.74, 6) is 0.0699. The summed E-state index contributed by atoms with van der Waals surface area (Å²) in [4.78, 5) is -0.212. The Bertz CT molecular complexity index is 1180. The van der Waals surface area contributed by atoms with Crippen molar-refractivity contribution in [1.82, 2.24) is 0 Å². The average molecular weight is 459 g/mol. The Balaban J connectivity index is 1.95. The molecule has 3 rings (SSSR count). The minimum atomic E-state index is -4.05. The van der Waals surface area contributed by atoms with Gasteiger partial charge in [0.25, 0.3) is 20.0 Å². The van der Waals surface area contributed by atoms with E-state index in [-0.39, 0.29) is 20.5 Å². The summed E-state index contributed by atoms with van der Waals surface area (Å²) in [7, 11) is -6.54. The molecule has 148 valence electrons. The van der Waals surface area contributed by atoms with Crippen molar-refractivity contribution in [3.63, 3.8) is 0 Å². The number of rotatable bonds is 7. The summed E-state index contributed by atoms with van der Waals surface area (Å²) in [5.41, 5.74) is 0.390. The minimum Gasteiger partial charge on any atom is -0.495 e. The highest BCUT2D eigenvalue weighted by Crippen LogP contribution is 2.30. The molecule has 0 radical (unpaired) electrons. The van der Waals surface area contributed by atoms with Crippen LogP contribution in [0.4, 0.5) is 11.4 Å². The number of hydrogen-bond acceptors (Lipinski definition) is 6. The molecule has 0 saturated heterocycles. The summed E-state index contributed by atoms with van der Waals surface area (Å²) in [6.07, 6.45) is 0. The van der Waals surface area contributed by atoms with Crippen LogP contribution in [-0.2, 0) is 20.0 Å². The van der Waals surface area contributed by atoms with E-state index < -0.39 is 20.0 Å². The lowest BCUT2D eigenvalue weighted by Crippen LogP contribution is -2.16. The topological polar surface area (TPSA) is 102 Å². The lowest BCUT2D eigenvalue weighted by atomic mass is 10.3. The molecule has 1 heterocycles. The van der Waals surface area contributed by atoms with E-state index in [0.29, 0.717) is 10.7 Å². The largest absolute Gasteiger partial charge is 0.495 e. The second-order valence-corrected chi connectivity index (χ2v) is 10.5. The monoisotopic (exact) mass is 458 g/mol. The molecule has 3 aromatic rings. The zero-order valence-corrected chi connectivity index (χ0v) is 17.6. The van der Waals surface area contributed by atoms with Crippen LogP contribution in [-0.4, -0.2) is 23.9 Å². The minimum absolute atomic E-state index is 0.0699. The molecule has 0 atom stereocenters. The fourth-order valence-corrected chi connectivity index (χ4v) is 5.72. The van der Waals surface area contributed by atoms with Gasteiger partial charge in [0.1, 0.15) is 14.9 Å². The Morgan fingerprint density at radius 3 is 2.14 bits per heavy atom. The molecule has 0 aliphatic rings. The predicted octanol–water partition coefficient (Wildman–Crippen LogP) is 4.01. The first-order chi connectivity index (χ1) is 13.2. The maximum atomic E-state index is 12.8. The molecule has 11 heteroatoms. The maximum Gasteiger partial charge on any atom is 0.271 e. The van der Waals surface area contributed by atoms with Gasteiger partial charge in [-0.25, -0.2) is 16.8 Å². The summed E-state index contributed by atoms with van der Waals surface area (Å²) >= 11 is 6.86. The number of methoxy groups -OCH3 is 1. The first kappa shape index (κ1) is 20.5. The number of sulfonamides is 2. The van der Waals surface area contributed by atoms with E-state index in [1.54, 1.807) is 23.6 Å². The van der Waals surface area contributed by atoms with Gasteiger partial charge in [0.15, 0.2) is 0 Å². The molecule has 0 spiro atoms. The zero-order valence-electron chi connectivity index (χ0n) is 14.4. The molecule has 28 heavy (non-hydrogen) atoms. The van der Waals surface area contributed by atoms with Crippen LogP contribution in [0.15, 0.2) is 69.1 Å². The van der Waals surface area contributed by atoms with Crippen molar-refractivity contribution in [2.45, 2.75) is 9.10 Å². The SMILES string of the molecule is COc1ccc(NS(=O)(=O)c2cccs2)cc1S(=O)(=O)Nc1ccc(Cl)cc1. The third-order valence-corrected chi connectivity index (χ3v) is 7.99. The van der Waals surface area contributed by atoms with E-state index in [0.717, 1.165) is 11.3 Å². The zero-order chi connectivity index (χ0) is 20.4. The lowest BCUT2D eigenvalue weighted by Gasteiger charge is -2.14. The second-order valence-electron chi connectivity index (χ2n) is 5.52. The van der Waals surface area contributed by atoms with Gasteiger partial charge in [-0.15, -0.1) is 11.3 Å². The van der Waals surface area contributed by atoms with Gasteiger partial charge in [0.2, 0.25) is 0 Å². The average Bonchev–Trinajstić information content (AvgIpc) is 3.19. The Labute approximate surface area is 172 Å². The predicted molar refractivity (Wildman–Crippen MR) is 110 cm³/mol. The Morgan fingerprint density at radius 2 is 1.54 bits per heavy atom. The van der Waals surface area contributed by atoms with Gasteiger partial charge in [-0.3, -0.25) is 9.44 Å². The van der Waals surface area contributed by atoms with Crippen LogP contribution >= 0.6 is 22.9 Å². The number of hydrogen-bond donors (Lipinski definition) is 2. The van der Waals surface area contributed by atoms with Gasteiger partial charge in [-0.2, -0.15) is 0 Å². The van der Waals surface area contributed by atoms with Crippen molar-refractivity contribution in [2.24, 2.45) is 0 Å². The molecule has 1 aromatic heterocycles. The summed E-state index contributed by atoms with van der Waals surface area (Å²) in [6.45, 7) is 0. The van der Waals surface area contributed by atoms with Crippen molar-refractivity contribution >= 4 is 54.4 Å². The standard InChI is InChI=1S/C17H15ClN2O5S3/c1-25-15-9-8-14(20-28(23,24)17-3-2-10-26-17)11-16(15)27(21,22)19-13-6-4-12(18)5-7-13/h2-11,19-20H,1H3. The van der Waals surface area contributed by atoms with Crippen LogP contribution in [0.25, 0.3) is 0 Å². The first-order valence-corrected chi connectivity index (χ1v) is 12.0. The second kappa shape index (κ2) is 8.00. The fraction of sp³-hybridized carbons (Fsp3) is 0.0588. The van der Waals surface area contributed by atoms with E-state index in [2.05, 4.69) is 9.44 Å². The number of halogens is 1. The van der Waals surface area contributed by atoms with E-state index in [1.165, 1.54) is 43.5 Å². The van der Waals surface area contributed by atoms with E-state index >= 15 is 0 Å². The molecular weight excluding hydrogens is 444 g/mol. The number of anilines is 2. The van der Waals surface area contributed by atoms with Crippen molar-refractivity contribution in [2.75, 3.05) is 16.6 Å². The van der Waals surface area contributed by atoms with E-state index in [1.807, 2.05) is 0 Å². The summed E-state index contributed by atoms with van der Waals surface area (Å²) in [5, 5.41) is 2.10. The van der Waals surface area contributed by atoms with Gasteiger partial charge in [0, 0.05) is 10.7 Å². The fourth-order valence-electron chi connectivity index (χ4n) is 2.30. The van der Waals surface area contributed by atoms with Crippen LogP contribution in [0.5, 0.6) is 5.75 Å². The molecule has 0 bridgehead atoms. The highest BCUT2D eigenvalue weighted by molar-refractivity contribution is 7.94. The molecule has 0 aliphatic carbocycles. The number of thiophene rings is 1. The van der Waals surface area contributed by atoms with Gasteiger partial charge >= 0.3 is 0 Å². The number of nitrogens with one attached hydrogen (secondary N) is 2. The van der Waals surface area contributed by atoms with E-state index in [9.17, 15) is 16.8 Å². The van der Waals surface area contributed by atoms with Gasteiger partial charge in [-0.1, -0.05) is 17.7 Å². The van der Waals surface area contributed by atoms with Crippen molar-refractivity contribution < 1.29 is 21.6 Å². The Hall–Kier alpha value is -2.27. The van der Waals surface area contributed by atoms with Crippen molar-refractivity contribution in [3.8, 4) is 5.75 Å². The van der Waals surface area contributed by atoms with Crippen LogP contribution in [0.1, 0.15) is 0 Å². The van der Waals surface area contributed by atoms with Gasteiger partial charge < -0.3 is 4.74 Å². The smallest absolute Gasteiger partial charge is 0.271 e. The Kier molecular flexibility index (Phi) is 5.84. The molecule has 7 nitrogen and oxygen atoms in total. The third-order valence-electron chi connectivity index (χ3n) is 3.56. The molecule has 0 saturated carbocycles. The maximum absolute atomic E-state index is 12.8. The van der Waals surface area contributed by atoms with Crippen LogP contribution in [0.3, 0.4) is 0 Å². The lowest BCUT2D eigenvalue weighted by molar-refractivity contribution is 0.403. The normalized spacial score (nSPS) is 11.8. The molecule has 0 aliphatic heterocycles. The van der Waals surface area contributed by atoms with Crippen LogP contribution < -0.4 is 14.2 Å². The Morgan fingerprint density at radius 1 is 0.893 bits per heavy atom. The molecular formula is C17H15ClN2O5S3. The summed E-state index contributed by atoms with van der Waals surface area (Å²) in [6, 6.07) is 13.2. The first-order valence-electron chi connectivity index (χ1n) is 7.74. The number of ether oxygens (including phenoxy) is 1. The number of benzene rings is 2. The molecule has 0 unspecified atom stereocenters. The van der Waals surface area contributed by atoms with Gasteiger partial charge in [-0.05, 0) is 53.9 Å². The highest BCUT2D eigenvalue weighted by Gasteiger charge is 2.22. The van der Waals surface area contributed by atoms with Gasteiger partial charge in [0.05, 0.1) is 12.8 Å².